The normalized spacial score (nSPS) is 18.2. The summed E-state index contributed by atoms with van der Waals surface area (Å²) in [6, 6.07) is 8.28. The van der Waals surface area contributed by atoms with Crippen molar-refractivity contribution in [2.75, 3.05) is 44.2 Å². The molecule has 0 saturated carbocycles. The molecule has 0 atom stereocenters. The number of benzene rings is 1. The van der Waals surface area contributed by atoms with E-state index in [1.165, 1.54) is 6.42 Å². The molecule has 2 saturated heterocycles. The van der Waals surface area contributed by atoms with Crippen LogP contribution in [0, 0.1) is 0 Å². The molecule has 2 amide bonds. The smallest absolute Gasteiger partial charge is 0.410 e. The lowest BCUT2D eigenvalue weighted by atomic mass is 10.1. The van der Waals surface area contributed by atoms with Gasteiger partial charge in [-0.2, -0.15) is 0 Å². The van der Waals surface area contributed by atoms with Gasteiger partial charge >= 0.3 is 6.09 Å². The van der Waals surface area contributed by atoms with E-state index in [9.17, 15) is 9.59 Å². The standard InChI is InChI=1S/C22H33N3O3/c1-22(2,3)28-21(27)25-15-13-23(14-16-25)19-9-7-18(8-10-19)17-20(26)24-11-5-4-6-12-24/h7-10H,4-6,11-17H2,1-3H3. The molecule has 0 bridgehead atoms. The highest BCUT2D eigenvalue weighted by Gasteiger charge is 2.26. The lowest BCUT2D eigenvalue weighted by molar-refractivity contribution is -0.131. The van der Waals surface area contributed by atoms with Crippen molar-refractivity contribution in [3.05, 3.63) is 29.8 Å². The molecule has 1 aromatic carbocycles. The summed E-state index contributed by atoms with van der Waals surface area (Å²) in [5.74, 6) is 0.235. The Kier molecular flexibility index (Phi) is 6.47. The number of carbonyl (C=O) groups excluding carboxylic acids is 2. The Balaban J connectivity index is 1.49. The van der Waals surface area contributed by atoms with E-state index in [0.29, 0.717) is 19.5 Å². The van der Waals surface area contributed by atoms with E-state index in [-0.39, 0.29) is 12.0 Å². The summed E-state index contributed by atoms with van der Waals surface area (Å²) in [6.07, 6.45) is 3.73. The Morgan fingerprint density at radius 1 is 0.857 bits per heavy atom. The van der Waals surface area contributed by atoms with Gasteiger partial charge in [-0.1, -0.05) is 12.1 Å². The van der Waals surface area contributed by atoms with Crippen LogP contribution >= 0.6 is 0 Å². The third-order valence-electron chi connectivity index (χ3n) is 5.30. The van der Waals surface area contributed by atoms with Gasteiger partial charge in [0.05, 0.1) is 6.42 Å². The predicted octanol–water partition coefficient (Wildman–Crippen LogP) is 3.30. The molecule has 6 nitrogen and oxygen atoms in total. The fourth-order valence-corrected chi connectivity index (χ4v) is 3.73. The second-order valence-corrected chi connectivity index (χ2v) is 8.74. The molecule has 2 heterocycles. The van der Waals surface area contributed by atoms with Gasteiger partial charge in [-0.3, -0.25) is 4.79 Å². The highest BCUT2D eigenvalue weighted by molar-refractivity contribution is 5.79. The summed E-state index contributed by atoms with van der Waals surface area (Å²) in [6.45, 7) is 10.3. The fraction of sp³-hybridized carbons (Fsp3) is 0.636. The number of anilines is 1. The monoisotopic (exact) mass is 387 g/mol. The first-order chi connectivity index (χ1) is 13.3. The molecular weight excluding hydrogens is 354 g/mol. The molecule has 6 heteroatoms. The molecule has 2 aliphatic rings. The number of carbonyl (C=O) groups is 2. The molecule has 28 heavy (non-hydrogen) atoms. The number of likely N-dealkylation sites (tertiary alicyclic amines) is 1. The minimum atomic E-state index is -0.463. The van der Waals surface area contributed by atoms with Crippen molar-refractivity contribution < 1.29 is 14.3 Å². The SMILES string of the molecule is CC(C)(C)OC(=O)N1CCN(c2ccc(CC(=O)N3CCCCC3)cc2)CC1. The number of nitrogens with zero attached hydrogens (tertiary/aromatic N) is 3. The molecule has 0 aliphatic carbocycles. The van der Waals surface area contributed by atoms with Gasteiger partial charge in [-0.15, -0.1) is 0 Å². The molecule has 2 fully saturated rings. The Hall–Kier alpha value is -2.24. The number of rotatable bonds is 3. The van der Waals surface area contributed by atoms with Crippen molar-refractivity contribution in [3.8, 4) is 0 Å². The van der Waals surface area contributed by atoms with E-state index in [1.807, 2.05) is 25.7 Å². The molecule has 2 aliphatic heterocycles. The molecule has 1 aromatic rings. The van der Waals surface area contributed by atoms with Crippen LogP contribution in [0.3, 0.4) is 0 Å². The summed E-state index contributed by atoms with van der Waals surface area (Å²) in [4.78, 5) is 30.6. The summed E-state index contributed by atoms with van der Waals surface area (Å²) >= 11 is 0. The maximum atomic E-state index is 12.4. The van der Waals surface area contributed by atoms with Crippen LogP contribution in [0.1, 0.15) is 45.6 Å². The van der Waals surface area contributed by atoms with Gasteiger partial charge in [0.1, 0.15) is 5.60 Å². The average Bonchev–Trinajstić information content (AvgIpc) is 2.68. The van der Waals surface area contributed by atoms with Gasteiger partial charge < -0.3 is 19.4 Å². The second kappa shape index (κ2) is 8.84. The van der Waals surface area contributed by atoms with Crippen molar-refractivity contribution >= 4 is 17.7 Å². The van der Waals surface area contributed by atoms with Crippen molar-refractivity contribution in [2.24, 2.45) is 0 Å². The van der Waals surface area contributed by atoms with Gasteiger partial charge in [-0.25, -0.2) is 4.79 Å². The summed E-state index contributed by atoms with van der Waals surface area (Å²) in [5.41, 5.74) is 1.74. The number of hydrogen-bond donors (Lipinski definition) is 0. The van der Waals surface area contributed by atoms with Crippen molar-refractivity contribution in [1.82, 2.24) is 9.80 Å². The number of hydrogen-bond acceptors (Lipinski definition) is 4. The largest absolute Gasteiger partial charge is 0.444 e. The van der Waals surface area contributed by atoms with Crippen LogP contribution in [0.5, 0.6) is 0 Å². The van der Waals surface area contributed by atoms with Crippen LogP contribution in [-0.2, 0) is 16.0 Å². The van der Waals surface area contributed by atoms with Crippen molar-refractivity contribution in [3.63, 3.8) is 0 Å². The van der Waals surface area contributed by atoms with Gasteiger partial charge in [0, 0.05) is 45.0 Å². The second-order valence-electron chi connectivity index (χ2n) is 8.74. The highest BCUT2D eigenvalue weighted by Crippen LogP contribution is 2.20. The van der Waals surface area contributed by atoms with Crippen LogP contribution in [0.25, 0.3) is 0 Å². The van der Waals surface area contributed by atoms with Crippen molar-refractivity contribution in [2.45, 2.75) is 52.1 Å². The molecule has 0 aromatic heterocycles. The van der Waals surface area contributed by atoms with E-state index < -0.39 is 5.60 Å². The minimum Gasteiger partial charge on any atom is -0.444 e. The third-order valence-corrected chi connectivity index (χ3v) is 5.30. The Morgan fingerprint density at radius 2 is 1.46 bits per heavy atom. The Morgan fingerprint density at radius 3 is 2.04 bits per heavy atom. The molecule has 154 valence electrons. The van der Waals surface area contributed by atoms with Crippen LogP contribution in [0.4, 0.5) is 10.5 Å². The van der Waals surface area contributed by atoms with E-state index in [4.69, 9.17) is 4.74 Å². The van der Waals surface area contributed by atoms with Gasteiger partial charge in [0.15, 0.2) is 0 Å². The first-order valence-electron chi connectivity index (χ1n) is 10.4. The Bertz CT molecular complexity index is 667. The van der Waals surface area contributed by atoms with E-state index >= 15 is 0 Å². The summed E-state index contributed by atoms with van der Waals surface area (Å²) in [7, 11) is 0. The third kappa shape index (κ3) is 5.63. The Labute approximate surface area is 168 Å². The number of ether oxygens (including phenoxy) is 1. The van der Waals surface area contributed by atoms with Gasteiger partial charge in [0.25, 0.3) is 0 Å². The minimum absolute atomic E-state index is 0.235. The molecule has 3 rings (SSSR count). The molecule has 0 radical (unpaired) electrons. The lowest BCUT2D eigenvalue weighted by Gasteiger charge is -2.36. The molecule has 0 unspecified atom stereocenters. The van der Waals surface area contributed by atoms with Crippen LogP contribution in [0.15, 0.2) is 24.3 Å². The predicted molar refractivity (Wildman–Crippen MR) is 111 cm³/mol. The summed E-state index contributed by atoms with van der Waals surface area (Å²) in [5, 5.41) is 0. The number of piperazine rings is 1. The zero-order chi connectivity index (χ0) is 20.1. The lowest BCUT2D eigenvalue weighted by Crippen LogP contribution is -2.50. The average molecular weight is 388 g/mol. The van der Waals surface area contributed by atoms with Crippen LogP contribution in [-0.4, -0.2) is 66.7 Å². The highest BCUT2D eigenvalue weighted by atomic mass is 16.6. The van der Waals surface area contributed by atoms with Gasteiger partial charge in [0.2, 0.25) is 5.91 Å². The first kappa shape index (κ1) is 20.5. The van der Waals surface area contributed by atoms with Crippen LogP contribution in [0.2, 0.25) is 0 Å². The zero-order valence-corrected chi connectivity index (χ0v) is 17.4. The molecule has 0 spiro atoms. The van der Waals surface area contributed by atoms with Gasteiger partial charge in [-0.05, 0) is 57.7 Å². The van der Waals surface area contributed by atoms with Crippen LogP contribution < -0.4 is 4.90 Å². The van der Waals surface area contributed by atoms with E-state index in [1.54, 1.807) is 4.90 Å². The molecular formula is C22H33N3O3. The molecule has 0 N–H and O–H groups in total. The first-order valence-corrected chi connectivity index (χ1v) is 10.4. The topological polar surface area (TPSA) is 53.1 Å². The maximum absolute atomic E-state index is 12.4. The quantitative estimate of drug-likeness (QED) is 0.799. The number of amides is 2. The maximum Gasteiger partial charge on any atom is 0.410 e. The van der Waals surface area contributed by atoms with E-state index in [0.717, 1.165) is 50.3 Å². The van der Waals surface area contributed by atoms with Crippen molar-refractivity contribution in [1.29, 1.82) is 0 Å². The number of piperidine rings is 1. The fourth-order valence-electron chi connectivity index (χ4n) is 3.73. The van der Waals surface area contributed by atoms with E-state index in [2.05, 4.69) is 29.2 Å². The zero-order valence-electron chi connectivity index (χ0n) is 17.4. The summed E-state index contributed by atoms with van der Waals surface area (Å²) < 4.78 is 5.45.